The average molecular weight is 665 g/mol. The smallest absolute Gasteiger partial charge is 0.333 e. The van der Waals surface area contributed by atoms with Crippen molar-refractivity contribution in [3.8, 4) is 5.69 Å². The number of hydrogen-bond donors (Lipinski definition) is 1. The number of nitrogens with one attached hydrogen (secondary N) is 1. The molecule has 3 heterocycles. The lowest BCUT2D eigenvalue weighted by atomic mass is 10.1. The van der Waals surface area contributed by atoms with E-state index in [2.05, 4.69) is 26.1 Å². The van der Waals surface area contributed by atoms with Gasteiger partial charge in [-0.1, -0.05) is 41.9 Å². The number of aromatic nitrogens is 2. The molecule has 0 unspecified atom stereocenters. The van der Waals surface area contributed by atoms with Gasteiger partial charge in [-0.2, -0.15) is 0 Å². The van der Waals surface area contributed by atoms with Gasteiger partial charge in [-0.3, -0.25) is 18.7 Å². The number of fused-ring (bicyclic) bond motifs is 1. The van der Waals surface area contributed by atoms with Crippen molar-refractivity contribution in [2.75, 3.05) is 31.1 Å². The zero-order chi connectivity index (χ0) is 30.1. The molecule has 2 amide bonds. The van der Waals surface area contributed by atoms with E-state index in [9.17, 15) is 14.4 Å². The highest BCUT2D eigenvalue weighted by molar-refractivity contribution is 9.10. The number of rotatable bonds is 6. The van der Waals surface area contributed by atoms with Crippen LogP contribution in [0.25, 0.3) is 5.69 Å². The van der Waals surface area contributed by atoms with Gasteiger partial charge >= 0.3 is 5.69 Å². The van der Waals surface area contributed by atoms with Crippen LogP contribution in [0.3, 0.4) is 0 Å². The largest absolute Gasteiger partial charge is 0.375 e. The highest BCUT2D eigenvalue weighted by Crippen LogP contribution is 2.27. The number of ether oxygens (including phenoxy) is 1. The van der Waals surface area contributed by atoms with E-state index < -0.39 is 0 Å². The van der Waals surface area contributed by atoms with Gasteiger partial charge in [0.1, 0.15) is 5.69 Å². The Morgan fingerprint density at radius 3 is 2.47 bits per heavy atom. The lowest BCUT2D eigenvalue weighted by Gasteiger charge is -2.33. The molecular weight excluding hydrogens is 634 g/mol. The van der Waals surface area contributed by atoms with Crippen LogP contribution in [0.4, 0.5) is 5.69 Å². The monoisotopic (exact) mass is 663 g/mol. The van der Waals surface area contributed by atoms with E-state index in [1.807, 2.05) is 61.5 Å². The van der Waals surface area contributed by atoms with E-state index in [-0.39, 0.29) is 42.4 Å². The SMILES string of the molecule is C[C@@H]1CN(c2ccc(-n3c(C(=O)NCc4ccccc4)c4n(c3=O)CCN(C(=O)c3ccc(Br)c(Cl)c3)C4)cc2)CCO1. The molecule has 222 valence electrons. The van der Waals surface area contributed by atoms with Crippen LogP contribution in [0.5, 0.6) is 0 Å². The summed E-state index contributed by atoms with van der Waals surface area (Å²) in [6, 6.07) is 22.3. The average Bonchev–Trinajstić information content (AvgIpc) is 3.32. The van der Waals surface area contributed by atoms with Gasteiger partial charge < -0.3 is 19.9 Å². The van der Waals surface area contributed by atoms with Gasteiger partial charge in [-0.15, -0.1) is 0 Å². The zero-order valence-electron chi connectivity index (χ0n) is 23.6. The molecule has 0 bridgehead atoms. The highest BCUT2D eigenvalue weighted by atomic mass is 79.9. The van der Waals surface area contributed by atoms with E-state index in [1.165, 1.54) is 4.57 Å². The Hall–Kier alpha value is -3.86. The van der Waals surface area contributed by atoms with Crippen molar-refractivity contribution in [1.29, 1.82) is 0 Å². The van der Waals surface area contributed by atoms with Crippen molar-refractivity contribution >= 4 is 45.0 Å². The van der Waals surface area contributed by atoms with Crippen molar-refractivity contribution in [2.24, 2.45) is 0 Å². The standard InChI is InChI=1S/C32H31BrClN5O4/c1-21-19-36(15-16-43-21)24-8-10-25(11-9-24)39-29(30(40)35-18-22-5-3-2-4-6-22)28-20-37(13-14-38(28)32(39)42)31(41)23-7-12-26(33)27(34)17-23/h2-12,17,21H,13-16,18-20H2,1H3,(H,35,40)/t21-/m1/s1. The molecule has 3 aromatic carbocycles. The summed E-state index contributed by atoms with van der Waals surface area (Å²) in [5.74, 6) is -0.609. The number of anilines is 1. The number of carbonyl (C=O) groups excluding carboxylic acids is 2. The molecule has 6 rings (SSSR count). The first-order valence-corrected chi connectivity index (χ1v) is 15.3. The number of amides is 2. The van der Waals surface area contributed by atoms with Crippen LogP contribution in [0.2, 0.25) is 5.02 Å². The van der Waals surface area contributed by atoms with Gasteiger partial charge in [-0.05, 0) is 70.9 Å². The molecule has 2 aliphatic heterocycles. The summed E-state index contributed by atoms with van der Waals surface area (Å²) in [6.45, 7) is 5.25. The molecule has 1 aromatic heterocycles. The molecule has 1 fully saturated rings. The second-order valence-electron chi connectivity index (χ2n) is 10.7. The number of imidazole rings is 1. The fourth-order valence-electron chi connectivity index (χ4n) is 5.64. The number of carbonyl (C=O) groups is 2. The first-order chi connectivity index (χ1) is 20.8. The molecule has 0 spiro atoms. The second kappa shape index (κ2) is 12.4. The van der Waals surface area contributed by atoms with Gasteiger partial charge in [0.25, 0.3) is 11.8 Å². The van der Waals surface area contributed by atoms with Gasteiger partial charge in [0, 0.05) is 48.4 Å². The molecular formula is C32H31BrClN5O4. The lowest BCUT2D eigenvalue weighted by Crippen LogP contribution is -2.41. The Balaban J connectivity index is 1.35. The first kappa shape index (κ1) is 29.2. The Morgan fingerprint density at radius 2 is 1.74 bits per heavy atom. The maximum atomic E-state index is 13.9. The number of benzene rings is 3. The third-order valence-corrected chi connectivity index (χ3v) is 9.09. The molecule has 1 saturated heterocycles. The minimum atomic E-state index is -0.387. The number of hydrogen-bond acceptors (Lipinski definition) is 5. The lowest BCUT2D eigenvalue weighted by molar-refractivity contribution is 0.0532. The summed E-state index contributed by atoms with van der Waals surface area (Å²) in [7, 11) is 0. The molecule has 2 aliphatic rings. The molecule has 1 N–H and O–H groups in total. The van der Waals surface area contributed by atoms with Crippen molar-refractivity contribution in [2.45, 2.75) is 32.7 Å². The fraction of sp³-hybridized carbons (Fsp3) is 0.281. The molecule has 0 aliphatic carbocycles. The number of halogens is 2. The van der Waals surface area contributed by atoms with Crippen LogP contribution in [0.15, 0.2) is 82.1 Å². The van der Waals surface area contributed by atoms with Crippen molar-refractivity contribution in [1.82, 2.24) is 19.4 Å². The second-order valence-corrected chi connectivity index (χ2v) is 12.0. The third-order valence-electron chi connectivity index (χ3n) is 7.86. The van der Waals surface area contributed by atoms with Gasteiger partial charge in [0.05, 0.1) is 35.7 Å². The third kappa shape index (κ3) is 6.00. The fourth-order valence-corrected chi connectivity index (χ4v) is 6.07. The maximum absolute atomic E-state index is 13.9. The normalized spacial score (nSPS) is 16.6. The molecule has 1 atom stereocenters. The first-order valence-electron chi connectivity index (χ1n) is 14.2. The predicted molar refractivity (Wildman–Crippen MR) is 169 cm³/mol. The number of morpholine rings is 1. The Kier molecular flexibility index (Phi) is 8.43. The van der Waals surface area contributed by atoms with E-state index in [4.69, 9.17) is 16.3 Å². The van der Waals surface area contributed by atoms with Crippen LogP contribution in [0.1, 0.15) is 39.0 Å². The summed E-state index contributed by atoms with van der Waals surface area (Å²) >= 11 is 9.63. The highest BCUT2D eigenvalue weighted by Gasteiger charge is 2.32. The topological polar surface area (TPSA) is 88.8 Å². The Bertz CT molecular complexity index is 1720. The molecule has 0 saturated carbocycles. The van der Waals surface area contributed by atoms with E-state index >= 15 is 0 Å². The van der Waals surface area contributed by atoms with E-state index in [1.54, 1.807) is 27.7 Å². The summed E-state index contributed by atoms with van der Waals surface area (Å²) < 4.78 is 9.44. The molecule has 0 radical (unpaired) electrons. The van der Waals surface area contributed by atoms with Gasteiger partial charge in [0.15, 0.2) is 0 Å². The molecule has 11 heteroatoms. The van der Waals surface area contributed by atoms with E-state index in [0.29, 0.717) is 46.1 Å². The van der Waals surface area contributed by atoms with Crippen LogP contribution in [0, 0.1) is 0 Å². The summed E-state index contributed by atoms with van der Waals surface area (Å²) in [5.41, 5.74) is 3.38. The van der Waals surface area contributed by atoms with Gasteiger partial charge in [0.2, 0.25) is 0 Å². The summed E-state index contributed by atoms with van der Waals surface area (Å²) in [4.78, 5) is 45.1. The Labute approximate surface area is 262 Å². The van der Waals surface area contributed by atoms with Crippen molar-refractivity contribution in [3.63, 3.8) is 0 Å². The van der Waals surface area contributed by atoms with Crippen LogP contribution in [-0.2, 0) is 24.4 Å². The van der Waals surface area contributed by atoms with Crippen LogP contribution >= 0.6 is 27.5 Å². The van der Waals surface area contributed by atoms with Crippen LogP contribution in [-0.4, -0.2) is 58.2 Å². The van der Waals surface area contributed by atoms with E-state index in [0.717, 1.165) is 24.3 Å². The summed E-state index contributed by atoms with van der Waals surface area (Å²) in [5, 5.41) is 3.42. The zero-order valence-corrected chi connectivity index (χ0v) is 26.0. The maximum Gasteiger partial charge on any atom is 0.333 e. The quantitative estimate of drug-likeness (QED) is 0.318. The van der Waals surface area contributed by atoms with Gasteiger partial charge in [-0.25, -0.2) is 4.79 Å². The van der Waals surface area contributed by atoms with Crippen molar-refractivity contribution < 1.29 is 14.3 Å². The minimum Gasteiger partial charge on any atom is -0.375 e. The molecule has 4 aromatic rings. The number of nitrogens with zero attached hydrogens (tertiary/aromatic N) is 4. The molecule has 9 nitrogen and oxygen atoms in total. The van der Waals surface area contributed by atoms with Crippen molar-refractivity contribution in [3.05, 3.63) is 115 Å². The summed E-state index contributed by atoms with van der Waals surface area (Å²) in [6.07, 6.45) is 0.133. The molecule has 43 heavy (non-hydrogen) atoms. The predicted octanol–water partition coefficient (Wildman–Crippen LogP) is 4.87. The van der Waals surface area contributed by atoms with Crippen LogP contribution < -0.4 is 15.9 Å². The Morgan fingerprint density at radius 1 is 1.00 bits per heavy atom. The minimum absolute atomic E-state index is 0.104.